The van der Waals surface area contributed by atoms with Gasteiger partial charge in [-0.3, -0.25) is 9.59 Å². The molecule has 1 heterocycles. The molecule has 1 amide bonds. The topological polar surface area (TPSA) is 95.9 Å². The maximum atomic E-state index is 14.1. The molecule has 3 aliphatic rings. The predicted molar refractivity (Wildman–Crippen MR) is 139 cm³/mol. The molecule has 4 rings (SSSR count). The number of hydrogen-bond acceptors (Lipinski definition) is 5. The number of aliphatic hydroxyl groups is 2. The summed E-state index contributed by atoms with van der Waals surface area (Å²) in [5, 5.41) is 24.6. The SMILES string of the molecule is CC(=O)O[C@@H]1/C=C/[C@](C)(O)C[C@@H](C)C/C=C/C2C=C(CO)[C@@H](C)[C@H]3[C@H](Cc4ccccc4)NC(=O)C231. The average Bonchev–Trinajstić information content (AvgIpc) is 3.10. The van der Waals surface area contributed by atoms with Crippen molar-refractivity contribution in [3.05, 3.63) is 71.8 Å². The van der Waals surface area contributed by atoms with E-state index in [9.17, 15) is 19.8 Å². The van der Waals surface area contributed by atoms with Gasteiger partial charge in [-0.05, 0) is 55.2 Å². The highest BCUT2D eigenvalue weighted by molar-refractivity contribution is 5.89. The van der Waals surface area contributed by atoms with E-state index >= 15 is 0 Å². The molecule has 3 N–H and O–H groups in total. The summed E-state index contributed by atoms with van der Waals surface area (Å²) in [6.45, 7) is 7.14. The fourth-order valence-electron chi connectivity index (χ4n) is 6.80. The highest BCUT2D eigenvalue weighted by Gasteiger charge is 2.66. The zero-order valence-corrected chi connectivity index (χ0v) is 21.7. The number of aliphatic hydroxyl groups excluding tert-OH is 1. The van der Waals surface area contributed by atoms with Gasteiger partial charge in [0.15, 0.2) is 0 Å². The third-order valence-corrected chi connectivity index (χ3v) is 8.28. The van der Waals surface area contributed by atoms with E-state index in [0.29, 0.717) is 12.8 Å². The van der Waals surface area contributed by atoms with E-state index < -0.39 is 23.1 Å². The van der Waals surface area contributed by atoms with Crippen LogP contribution in [0.2, 0.25) is 0 Å². The second-order valence-corrected chi connectivity index (χ2v) is 11.2. The number of esters is 1. The van der Waals surface area contributed by atoms with Crippen LogP contribution in [0.4, 0.5) is 0 Å². The molecular formula is C30H39NO5. The second-order valence-electron chi connectivity index (χ2n) is 11.2. The fourth-order valence-corrected chi connectivity index (χ4v) is 6.80. The molecule has 1 aromatic rings. The van der Waals surface area contributed by atoms with Crippen molar-refractivity contribution in [2.45, 2.75) is 64.7 Å². The second kappa shape index (κ2) is 10.3. The Labute approximate surface area is 214 Å². The molecule has 2 aliphatic carbocycles. The molecule has 0 aromatic heterocycles. The molecule has 6 nitrogen and oxygen atoms in total. The number of carbonyl (C=O) groups is 2. The van der Waals surface area contributed by atoms with Crippen molar-refractivity contribution in [2.24, 2.45) is 29.1 Å². The van der Waals surface area contributed by atoms with Crippen LogP contribution in [-0.4, -0.2) is 46.4 Å². The van der Waals surface area contributed by atoms with Gasteiger partial charge in [-0.25, -0.2) is 0 Å². The molecule has 36 heavy (non-hydrogen) atoms. The van der Waals surface area contributed by atoms with E-state index in [1.165, 1.54) is 6.92 Å². The van der Waals surface area contributed by atoms with Gasteiger partial charge in [0, 0.05) is 24.8 Å². The Bertz CT molecular complexity index is 1060. The number of ether oxygens (including phenoxy) is 1. The number of carbonyl (C=O) groups excluding carboxylic acids is 2. The molecule has 8 atom stereocenters. The number of nitrogens with one attached hydrogen (secondary N) is 1. The van der Waals surface area contributed by atoms with Crippen LogP contribution in [0.5, 0.6) is 0 Å². The molecule has 0 radical (unpaired) electrons. The Morgan fingerprint density at radius 1 is 1.19 bits per heavy atom. The maximum absolute atomic E-state index is 14.1. The average molecular weight is 494 g/mol. The molecule has 6 heteroatoms. The van der Waals surface area contributed by atoms with Crippen LogP contribution in [0.1, 0.15) is 46.1 Å². The van der Waals surface area contributed by atoms with Crippen molar-refractivity contribution in [1.82, 2.24) is 5.32 Å². The summed E-state index contributed by atoms with van der Waals surface area (Å²) >= 11 is 0. The Kier molecular flexibility index (Phi) is 7.58. The Morgan fingerprint density at radius 3 is 2.58 bits per heavy atom. The van der Waals surface area contributed by atoms with Crippen LogP contribution in [0.15, 0.2) is 66.3 Å². The van der Waals surface area contributed by atoms with Crippen molar-refractivity contribution in [3.8, 4) is 0 Å². The summed E-state index contributed by atoms with van der Waals surface area (Å²) in [7, 11) is 0. The zero-order valence-electron chi connectivity index (χ0n) is 21.7. The molecular weight excluding hydrogens is 454 g/mol. The van der Waals surface area contributed by atoms with Crippen molar-refractivity contribution >= 4 is 11.9 Å². The zero-order chi connectivity index (χ0) is 26.1. The number of rotatable bonds is 4. The highest BCUT2D eigenvalue weighted by Crippen LogP contribution is 2.56. The Hall–Kier alpha value is -2.70. The monoisotopic (exact) mass is 493 g/mol. The van der Waals surface area contributed by atoms with Crippen LogP contribution in [0.3, 0.4) is 0 Å². The van der Waals surface area contributed by atoms with Crippen molar-refractivity contribution in [1.29, 1.82) is 0 Å². The summed E-state index contributed by atoms with van der Waals surface area (Å²) in [4.78, 5) is 26.5. The largest absolute Gasteiger partial charge is 0.457 e. The number of hydrogen-bond donors (Lipinski definition) is 3. The van der Waals surface area contributed by atoms with Gasteiger partial charge in [0.05, 0.1) is 12.2 Å². The first-order valence-electron chi connectivity index (χ1n) is 13.0. The maximum Gasteiger partial charge on any atom is 0.303 e. The Balaban J connectivity index is 1.92. The van der Waals surface area contributed by atoms with Crippen molar-refractivity contribution < 1.29 is 24.5 Å². The van der Waals surface area contributed by atoms with E-state index in [4.69, 9.17) is 4.74 Å². The normalized spacial score (nSPS) is 40.1. The molecule has 1 fully saturated rings. The van der Waals surface area contributed by atoms with E-state index in [-0.39, 0.29) is 42.2 Å². The van der Waals surface area contributed by atoms with E-state index in [1.54, 1.807) is 19.1 Å². The predicted octanol–water partition coefficient (Wildman–Crippen LogP) is 3.74. The van der Waals surface area contributed by atoms with Crippen LogP contribution in [0.25, 0.3) is 0 Å². The number of allylic oxidation sites excluding steroid dienone is 3. The minimum Gasteiger partial charge on any atom is -0.457 e. The van der Waals surface area contributed by atoms with Crippen molar-refractivity contribution in [3.63, 3.8) is 0 Å². The van der Waals surface area contributed by atoms with Gasteiger partial charge in [-0.15, -0.1) is 0 Å². The highest BCUT2D eigenvalue weighted by atomic mass is 16.5. The molecule has 1 aromatic carbocycles. The third-order valence-electron chi connectivity index (χ3n) is 8.28. The van der Waals surface area contributed by atoms with Gasteiger partial charge in [0.25, 0.3) is 0 Å². The van der Waals surface area contributed by atoms with E-state index in [1.807, 2.05) is 49.4 Å². The standard InChI is InChI=1S/C30H39NO5/c1-19-9-8-12-24-16-23(18-32)20(2)27-25(15-22-10-6-5-7-11-22)31-28(34)30(24,27)26(36-21(3)33)13-14-29(4,35)17-19/h5-8,10-14,16,19-20,24-27,32,35H,9,15,17-18H2,1-4H3,(H,31,34)/b12-8+,14-13+/t19-,20+,24?,25-,26+,27-,29-,30?/m0/s1. The van der Waals surface area contributed by atoms with Crippen LogP contribution in [-0.2, 0) is 20.7 Å². The van der Waals surface area contributed by atoms with Gasteiger partial charge in [-0.2, -0.15) is 0 Å². The van der Waals surface area contributed by atoms with Gasteiger partial charge >= 0.3 is 5.97 Å². The molecule has 1 saturated heterocycles. The molecule has 0 bridgehead atoms. The van der Waals surface area contributed by atoms with Crippen LogP contribution in [0, 0.1) is 29.1 Å². The first kappa shape index (κ1) is 26.4. The molecule has 1 spiro atoms. The van der Waals surface area contributed by atoms with E-state index in [0.717, 1.165) is 17.6 Å². The minimum atomic E-state index is -1.11. The van der Waals surface area contributed by atoms with E-state index in [2.05, 4.69) is 18.3 Å². The third kappa shape index (κ3) is 4.94. The molecule has 2 unspecified atom stereocenters. The summed E-state index contributed by atoms with van der Waals surface area (Å²) in [6.07, 6.45) is 10.6. The summed E-state index contributed by atoms with van der Waals surface area (Å²) in [5.41, 5.74) is -0.227. The van der Waals surface area contributed by atoms with Crippen LogP contribution >= 0.6 is 0 Å². The van der Waals surface area contributed by atoms with Gasteiger partial charge < -0.3 is 20.3 Å². The lowest BCUT2D eigenvalue weighted by molar-refractivity contribution is -0.159. The summed E-state index contributed by atoms with van der Waals surface area (Å²) in [5.74, 6) is -1.18. The minimum absolute atomic E-state index is 0.0937. The lowest BCUT2D eigenvalue weighted by Crippen LogP contribution is -2.55. The lowest BCUT2D eigenvalue weighted by atomic mass is 9.54. The molecule has 1 aliphatic heterocycles. The quantitative estimate of drug-likeness (QED) is 0.439. The van der Waals surface area contributed by atoms with Gasteiger partial charge in [0.1, 0.15) is 11.5 Å². The number of benzene rings is 1. The first-order valence-corrected chi connectivity index (χ1v) is 13.0. The number of amides is 1. The van der Waals surface area contributed by atoms with Gasteiger partial charge in [0.2, 0.25) is 5.91 Å². The summed E-state index contributed by atoms with van der Waals surface area (Å²) in [6, 6.07) is 9.81. The fraction of sp³-hybridized carbons (Fsp3) is 0.533. The summed E-state index contributed by atoms with van der Waals surface area (Å²) < 4.78 is 5.92. The smallest absolute Gasteiger partial charge is 0.303 e. The first-order chi connectivity index (χ1) is 17.1. The Morgan fingerprint density at radius 2 is 1.92 bits per heavy atom. The van der Waals surface area contributed by atoms with Crippen molar-refractivity contribution in [2.75, 3.05) is 6.61 Å². The van der Waals surface area contributed by atoms with Gasteiger partial charge in [-0.1, -0.05) is 68.5 Å². The lowest BCUT2D eigenvalue weighted by Gasteiger charge is -2.48. The van der Waals surface area contributed by atoms with Crippen LogP contribution < -0.4 is 5.32 Å². The molecule has 0 saturated carbocycles. The molecule has 194 valence electrons.